The standard InChI is InChI=1S/C20H29N5O2/c1-15-23-18(14-19(24-15)21-10-6-12-25(2)3)20(26)22-11-9-16-7-5-8-17(13-16)27-4/h5,7-8,13-14H,6,9-12H2,1-4H3,(H,22,26)(H,21,23,24). The molecule has 1 aromatic carbocycles. The fourth-order valence-electron chi connectivity index (χ4n) is 2.63. The van der Waals surface area contributed by atoms with E-state index in [0.29, 0.717) is 23.9 Å². The normalized spacial score (nSPS) is 10.7. The predicted molar refractivity (Wildman–Crippen MR) is 107 cm³/mol. The molecule has 1 aromatic heterocycles. The highest BCUT2D eigenvalue weighted by molar-refractivity contribution is 5.92. The summed E-state index contributed by atoms with van der Waals surface area (Å²) in [5.41, 5.74) is 1.49. The first kappa shape index (κ1) is 20.6. The number of aromatic nitrogens is 2. The highest BCUT2D eigenvalue weighted by Gasteiger charge is 2.10. The highest BCUT2D eigenvalue weighted by atomic mass is 16.5. The molecule has 0 radical (unpaired) electrons. The Bertz CT molecular complexity index is 749. The Morgan fingerprint density at radius 2 is 2.00 bits per heavy atom. The molecule has 146 valence electrons. The lowest BCUT2D eigenvalue weighted by Crippen LogP contribution is -2.27. The van der Waals surface area contributed by atoms with Crippen LogP contribution in [0, 0.1) is 6.92 Å². The number of rotatable bonds is 10. The van der Waals surface area contributed by atoms with Gasteiger partial charge in [0.15, 0.2) is 0 Å². The first-order valence-electron chi connectivity index (χ1n) is 9.13. The molecule has 7 heteroatoms. The van der Waals surface area contributed by atoms with Crippen LogP contribution in [-0.2, 0) is 6.42 Å². The van der Waals surface area contributed by atoms with Gasteiger partial charge in [0.2, 0.25) is 0 Å². The Morgan fingerprint density at radius 1 is 1.19 bits per heavy atom. The van der Waals surface area contributed by atoms with E-state index in [1.807, 2.05) is 38.4 Å². The van der Waals surface area contributed by atoms with Crippen molar-refractivity contribution in [1.29, 1.82) is 0 Å². The van der Waals surface area contributed by atoms with Crippen LogP contribution in [0.25, 0.3) is 0 Å². The molecule has 7 nitrogen and oxygen atoms in total. The lowest BCUT2D eigenvalue weighted by Gasteiger charge is -2.11. The number of methoxy groups -OCH3 is 1. The summed E-state index contributed by atoms with van der Waals surface area (Å²) in [5, 5.41) is 6.18. The molecule has 0 aliphatic rings. The number of carbonyl (C=O) groups excluding carboxylic acids is 1. The highest BCUT2D eigenvalue weighted by Crippen LogP contribution is 2.12. The molecule has 27 heavy (non-hydrogen) atoms. The van der Waals surface area contributed by atoms with Crippen molar-refractivity contribution >= 4 is 11.7 Å². The summed E-state index contributed by atoms with van der Waals surface area (Å²) < 4.78 is 5.22. The summed E-state index contributed by atoms with van der Waals surface area (Å²) in [6, 6.07) is 9.52. The van der Waals surface area contributed by atoms with Crippen LogP contribution in [0.2, 0.25) is 0 Å². The molecule has 0 saturated carbocycles. The van der Waals surface area contributed by atoms with Crippen LogP contribution in [-0.4, -0.2) is 61.6 Å². The van der Waals surface area contributed by atoms with Gasteiger partial charge in [0, 0.05) is 19.2 Å². The minimum Gasteiger partial charge on any atom is -0.497 e. The number of nitrogens with one attached hydrogen (secondary N) is 2. The van der Waals surface area contributed by atoms with Crippen molar-refractivity contribution in [2.24, 2.45) is 0 Å². The number of ether oxygens (including phenoxy) is 1. The van der Waals surface area contributed by atoms with Gasteiger partial charge in [0.1, 0.15) is 23.1 Å². The van der Waals surface area contributed by atoms with E-state index in [2.05, 4.69) is 25.5 Å². The van der Waals surface area contributed by atoms with E-state index in [9.17, 15) is 4.79 Å². The molecule has 0 atom stereocenters. The van der Waals surface area contributed by atoms with Crippen molar-refractivity contribution < 1.29 is 9.53 Å². The molecule has 0 saturated heterocycles. The predicted octanol–water partition coefficient (Wildman–Crippen LogP) is 2.13. The van der Waals surface area contributed by atoms with Gasteiger partial charge in [-0.05, 0) is 58.1 Å². The zero-order valence-electron chi connectivity index (χ0n) is 16.6. The topological polar surface area (TPSA) is 79.4 Å². The van der Waals surface area contributed by atoms with Crippen molar-refractivity contribution in [3.05, 3.63) is 47.4 Å². The number of anilines is 1. The summed E-state index contributed by atoms with van der Waals surface area (Å²) >= 11 is 0. The van der Waals surface area contributed by atoms with Gasteiger partial charge < -0.3 is 20.3 Å². The first-order valence-corrected chi connectivity index (χ1v) is 9.13. The third kappa shape index (κ3) is 7.22. The lowest BCUT2D eigenvalue weighted by molar-refractivity contribution is 0.0949. The number of nitrogens with zero attached hydrogens (tertiary/aromatic N) is 3. The zero-order chi connectivity index (χ0) is 19.6. The second-order valence-electron chi connectivity index (χ2n) is 6.63. The average Bonchev–Trinajstić information content (AvgIpc) is 2.65. The van der Waals surface area contributed by atoms with Gasteiger partial charge in [0.25, 0.3) is 5.91 Å². The van der Waals surface area contributed by atoms with Gasteiger partial charge in [0.05, 0.1) is 7.11 Å². The van der Waals surface area contributed by atoms with Crippen molar-refractivity contribution in [2.45, 2.75) is 19.8 Å². The molecule has 2 rings (SSSR count). The number of hydrogen-bond acceptors (Lipinski definition) is 6. The molecule has 0 spiro atoms. The Morgan fingerprint density at radius 3 is 2.74 bits per heavy atom. The summed E-state index contributed by atoms with van der Waals surface area (Å²) in [6.45, 7) is 4.11. The van der Waals surface area contributed by atoms with Crippen LogP contribution in [0.4, 0.5) is 5.82 Å². The molecule has 0 aliphatic heterocycles. The van der Waals surface area contributed by atoms with Crippen LogP contribution in [0.3, 0.4) is 0 Å². The van der Waals surface area contributed by atoms with Crippen LogP contribution in [0.1, 0.15) is 28.3 Å². The smallest absolute Gasteiger partial charge is 0.270 e. The van der Waals surface area contributed by atoms with Gasteiger partial charge in [-0.3, -0.25) is 4.79 Å². The van der Waals surface area contributed by atoms with E-state index in [1.54, 1.807) is 20.1 Å². The maximum atomic E-state index is 12.4. The van der Waals surface area contributed by atoms with Gasteiger partial charge in [-0.25, -0.2) is 9.97 Å². The minimum atomic E-state index is -0.195. The van der Waals surface area contributed by atoms with Crippen LogP contribution >= 0.6 is 0 Å². The molecule has 1 heterocycles. The molecule has 0 unspecified atom stereocenters. The number of aryl methyl sites for hydroxylation is 1. The summed E-state index contributed by atoms with van der Waals surface area (Å²) in [7, 11) is 5.73. The second kappa shape index (κ2) is 10.5. The summed E-state index contributed by atoms with van der Waals surface area (Å²) in [4.78, 5) is 23.2. The van der Waals surface area contributed by atoms with Crippen molar-refractivity contribution in [2.75, 3.05) is 46.2 Å². The SMILES string of the molecule is COc1cccc(CCNC(=O)c2cc(NCCCN(C)C)nc(C)n2)c1. The quantitative estimate of drug-likeness (QED) is 0.623. The van der Waals surface area contributed by atoms with Gasteiger partial charge in [-0.2, -0.15) is 0 Å². The van der Waals surface area contributed by atoms with Gasteiger partial charge >= 0.3 is 0 Å². The Labute approximate surface area is 161 Å². The van der Waals surface area contributed by atoms with Gasteiger partial charge in [-0.1, -0.05) is 12.1 Å². The Balaban J connectivity index is 1.87. The number of amides is 1. The molecule has 0 fully saturated rings. The van der Waals surface area contributed by atoms with Crippen molar-refractivity contribution in [3.63, 3.8) is 0 Å². The molecule has 2 aromatic rings. The molecular weight excluding hydrogens is 342 g/mol. The van der Waals surface area contributed by atoms with Crippen LogP contribution in [0.15, 0.2) is 30.3 Å². The van der Waals surface area contributed by atoms with Crippen LogP contribution in [0.5, 0.6) is 5.75 Å². The summed E-state index contributed by atoms with van der Waals surface area (Å²) in [5.74, 6) is 1.87. The van der Waals surface area contributed by atoms with E-state index < -0.39 is 0 Å². The van der Waals surface area contributed by atoms with E-state index in [-0.39, 0.29) is 5.91 Å². The van der Waals surface area contributed by atoms with Crippen molar-refractivity contribution in [3.8, 4) is 5.75 Å². The van der Waals surface area contributed by atoms with Crippen molar-refractivity contribution in [1.82, 2.24) is 20.2 Å². The molecule has 0 aliphatic carbocycles. The van der Waals surface area contributed by atoms with E-state index in [0.717, 1.165) is 37.2 Å². The van der Waals surface area contributed by atoms with Crippen LogP contribution < -0.4 is 15.4 Å². The molecule has 1 amide bonds. The number of benzene rings is 1. The maximum Gasteiger partial charge on any atom is 0.270 e. The lowest BCUT2D eigenvalue weighted by atomic mass is 10.1. The molecule has 0 bridgehead atoms. The fourth-order valence-corrected chi connectivity index (χ4v) is 2.63. The number of carbonyl (C=O) groups is 1. The van der Waals surface area contributed by atoms with E-state index in [4.69, 9.17) is 4.74 Å². The number of hydrogen-bond donors (Lipinski definition) is 2. The average molecular weight is 371 g/mol. The monoisotopic (exact) mass is 371 g/mol. The minimum absolute atomic E-state index is 0.195. The molecular formula is C20H29N5O2. The maximum absolute atomic E-state index is 12.4. The first-order chi connectivity index (χ1) is 13.0. The molecule has 2 N–H and O–H groups in total. The zero-order valence-corrected chi connectivity index (χ0v) is 16.6. The van der Waals surface area contributed by atoms with Gasteiger partial charge in [-0.15, -0.1) is 0 Å². The largest absolute Gasteiger partial charge is 0.497 e. The third-order valence-corrected chi connectivity index (χ3v) is 3.99. The third-order valence-electron chi connectivity index (χ3n) is 3.99. The fraction of sp³-hybridized carbons (Fsp3) is 0.450. The Kier molecular flexibility index (Phi) is 8.00. The summed E-state index contributed by atoms with van der Waals surface area (Å²) in [6.07, 6.45) is 1.72. The Hall–Kier alpha value is -2.67. The second-order valence-corrected chi connectivity index (χ2v) is 6.63. The van der Waals surface area contributed by atoms with E-state index >= 15 is 0 Å². The van der Waals surface area contributed by atoms with E-state index in [1.165, 1.54) is 0 Å².